The molecule has 0 radical (unpaired) electrons. The number of hydrogen-bond donors (Lipinski definition) is 1. The highest BCUT2D eigenvalue weighted by atomic mass is 17.2. The zero-order valence-corrected chi connectivity index (χ0v) is 22.4. The van der Waals surface area contributed by atoms with Gasteiger partial charge in [0.2, 0.25) is 0 Å². The maximum atomic E-state index is 10.4. The fourth-order valence-corrected chi connectivity index (χ4v) is 1.45. The Hall–Kier alpha value is -0.690. The molecule has 6 nitrogen and oxygen atoms in total. The van der Waals surface area contributed by atoms with E-state index in [4.69, 9.17) is 24.7 Å². The molecular formula is C24H52O6. The van der Waals surface area contributed by atoms with Gasteiger partial charge in [-0.2, -0.15) is 0 Å². The molecule has 0 bridgehead atoms. The average Bonchev–Trinajstić information content (AvgIpc) is 2.50. The third-order valence-corrected chi connectivity index (χ3v) is 2.83. The van der Waals surface area contributed by atoms with E-state index in [2.05, 4.69) is 6.92 Å². The highest BCUT2D eigenvalue weighted by Crippen LogP contribution is 2.15. The minimum atomic E-state index is -0.643. The molecule has 0 aromatic rings. The van der Waals surface area contributed by atoms with Crippen molar-refractivity contribution in [3.63, 3.8) is 0 Å². The number of carbonyl (C=O) groups is 1. The summed E-state index contributed by atoms with van der Waals surface area (Å²) >= 11 is 0. The topological polar surface area (TPSA) is 74.2 Å². The number of carboxylic acids is 1. The van der Waals surface area contributed by atoms with Crippen molar-refractivity contribution in [2.75, 3.05) is 0 Å². The first-order valence-electron chi connectivity index (χ1n) is 11.1. The first-order valence-corrected chi connectivity index (χ1v) is 11.1. The van der Waals surface area contributed by atoms with E-state index in [-0.39, 0.29) is 28.3 Å². The van der Waals surface area contributed by atoms with E-state index in [0.29, 0.717) is 0 Å². The van der Waals surface area contributed by atoms with Gasteiger partial charge in [0, 0.05) is 0 Å². The van der Waals surface area contributed by atoms with Crippen molar-refractivity contribution < 1.29 is 29.5 Å². The SMILES string of the molecule is CC(C)(C)OOC(C)(C)C.CC(C)(C)OOC(C)(C)C.CCCCC(CC)C(=O)O. The van der Waals surface area contributed by atoms with Gasteiger partial charge in [0.25, 0.3) is 0 Å². The molecule has 0 spiro atoms. The number of carboxylic acid groups (broad SMARTS) is 1. The van der Waals surface area contributed by atoms with Crippen molar-refractivity contribution in [2.24, 2.45) is 5.92 Å². The third kappa shape index (κ3) is 34.8. The Balaban J connectivity index is -0.000000364. The van der Waals surface area contributed by atoms with E-state index in [1.54, 1.807) is 0 Å². The molecule has 0 fully saturated rings. The number of unbranched alkanes of at least 4 members (excludes halogenated alkanes) is 1. The van der Waals surface area contributed by atoms with Gasteiger partial charge in [-0.25, -0.2) is 19.6 Å². The summed E-state index contributed by atoms with van der Waals surface area (Å²) in [5.41, 5.74) is -0.860. The Morgan fingerprint density at radius 3 is 1.07 bits per heavy atom. The average molecular weight is 437 g/mol. The summed E-state index contributed by atoms with van der Waals surface area (Å²) in [5, 5.41) is 8.60. The number of hydrogen-bond acceptors (Lipinski definition) is 5. The van der Waals surface area contributed by atoms with Gasteiger partial charge in [0.15, 0.2) is 0 Å². The van der Waals surface area contributed by atoms with Crippen LogP contribution >= 0.6 is 0 Å². The summed E-state index contributed by atoms with van der Waals surface area (Å²) in [6.07, 6.45) is 3.71. The molecule has 0 aliphatic heterocycles. The van der Waals surface area contributed by atoms with Gasteiger partial charge in [0.1, 0.15) is 0 Å². The predicted molar refractivity (Wildman–Crippen MR) is 124 cm³/mol. The van der Waals surface area contributed by atoms with E-state index < -0.39 is 5.97 Å². The van der Waals surface area contributed by atoms with Crippen LogP contribution in [0.3, 0.4) is 0 Å². The molecule has 0 aromatic heterocycles. The highest BCUT2D eigenvalue weighted by Gasteiger charge is 2.19. The molecular weight excluding hydrogens is 384 g/mol. The lowest BCUT2D eigenvalue weighted by molar-refractivity contribution is -0.393. The van der Waals surface area contributed by atoms with Gasteiger partial charge in [-0.05, 0) is 95.9 Å². The maximum Gasteiger partial charge on any atom is 0.306 e. The fourth-order valence-electron chi connectivity index (χ4n) is 1.45. The lowest BCUT2D eigenvalue weighted by Gasteiger charge is -2.24. The van der Waals surface area contributed by atoms with Crippen LogP contribution in [0.15, 0.2) is 0 Å². The zero-order chi connectivity index (χ0) is 24.8. The Kier molecular flexibility index (Phi) is 17.2. The van der Waals surface area contributed by atoms with Gasteiger partial charge in [0.05, 0.1) is 28.3 Å². The van der Waals surface area contributed by atoms with Crippen molar-refractivity contribution in [3.05, 3.63) is 0 Å². The molecule has 0 saturated heterocycles. The van der Waals surface area contributed by atoms with Crippen LogP contribution in [0.1, 0.15) is 123 Å². The third-order valence-electron chi connectivity index (χ3n) is 2.83. The van der Waals surface area contributed by atoms with Crippen molar-refractivity contribution in [1.82, 2.24) is 0 Å². The predicted octanol–water partition coefficient (Wildman–Crippen LogP) is 7.35. The Morgan fingerprint density at radius 1 is 0.667 bits per heavy atom. The van der Waals surface area contributed by atoms with Gasteiger partial charge in [-0.1, -0.05) is 26.7 Å². The highest BCUT2D eigenvalue weighted by molar-refractivity contribution is 5.69. The first-order chi connectivity index (χ1) is 13.1. The second kappa shape index (κ2) is 15.2. The lowest BCUT2D eigenvalue weighted by atomic mass is 10.00. The molecule has 0 aliphatic rings. The summed E-state index contributed by atoms with van der Waals surface area (Å²) in [4.78, 5) is 30.8. The summed E-state index contributed by atoms with van der Waals surface area (Å²) in [5.74, 6) is -0.754. The van der Waals surface area contributed by atoms with Crippen LogP contribution in [-0.4, -0.2) is 33.5 Å². The molecule has 0 aromatic carbocycles. The van der Waals surface area contributed by atoms with E-state index in [1.807, 2.05) is 90.0 Å². The molecule has 184 valence electrons. The Morgan fingerprint density at radius 2 is 0.933 bits per heavy atom. The van der Waals surface area contributed by atoms with E-state index in [1.165, 1.54) is 0 Å². The van der Waals surface area contributed by atoms with Crippen molar-refractivity contribution in [2.45, 2.75) is 145 Å². The summed E-state index contributed by atoms with van der Waals surface area (Å²) in [6.45, 7) is 27.5. The lowest BCUT2D eigenvalue weighted by Crippen LogP contribution is -2.27. The molecule has 1 unspecified atom stereocenters. The first kappa shape index (κ1) is 33.9. The summed E-state index contributed by atoms with van der Waals surface area (Å²) in [7, 11) is 0. The van der Waals surface area contributed by atoms with Gasteiger partial charge >= 0.3 is 5.97 Å². The second-order valence-corrected chi connectivity index (χ2v) is 11.4. The molecule has 0 aliphatic carbocycles. The van der Waals surface area contributed by atoms with Crippen LogP contribution in [0.25, 0.3) is 0 Å². The number of rotatable bonds is 7. The van der Waals surface area contributed by atoms with Crippen LogP contribution in [0.5, 0.6) is 0 Å². The summed E-state index contributed by atoms with van der Waals surface area (Å²) in [6, 6.07) is 0. The van der Waals surface area contributed by atoms with E-state index in [9.17, 15) is 4.79 Å². The normalized spacial score (nSPS) is 13.5. The minimum absolute atomic E-state index is 0.111. The van der Waals surface area contributed by atoms with E-state index >= 15 is 0 Å². The molecule has 1 N–H and O–H groups in total. The number of aliphatic carboxylic acids is 1. The van der Waals surface area contributed by atoms with Crippen LogP contribution < -0.4 is 0 Å². The quantitative estimate of drug-likeness (QED) is 0.332. The Bertz CT molecular complexity index is 363. The Labute approximate surface area is 186 Å². The molecule has 0 heterocycles. The molecule has 0 rings (SSSR count). The maximum absolute atomic E-state index is 10.4. The standard InChI is InChI=1S/2C8H18O2.C8H16O2/c2*1-7(2,3)9-10-8(4,5)6;1-3-5-6-7(4-2)8(9)10/h2*1-6H3;7H,3-6H2,1-2H3,(H,9,10). The van der Waals surface area contributed by atoms with Crippen molar-refractivity contribution >= 4 is 5.97 Å². The second-order valence-electron chi connectivity index (χ2n) is 11.4. The monoisotopic (exact) mass is 436 g/mol. The molecule has 0 saturated carbocycles. The van der Waals surface area contributed by atoms with Crippen LogP contribution in [0.4, 0.5) is 0 Å². The van der Waals surface area contributed by atoms with Crippen molar-refractivity contribution in [3.8, 4) is 0 Å². The van der Waals surface area contributed by atoms with Crippen LogP contribution in [0, 0.1) is 5.92 Å². The molecule has 30 heavy (non-hydrogen) atoms. The fraction of sp³-hybridized carbons (Fsp3) is 0.958. The smallest absolute Gasteiger partial charge is 0.306 e. The van der Waals surface area contributed by atoms with Gasteiger partial charge in [-0.15, -0.1) is 0 Å². The van der Waals surface area contributed by atoms with Crippen LogP contribution in [-0.2, 0) is 24.3 Å². The summed E-state index contributed by atoms with van der Waals surface area (Å²) < 4.78 is 0. The van der Waals surface area contributed by atoms with Crippen LogP contribution in [0.2, 0.25) is 0 Å². The molecule has 6 heteroatoms. The molecule has 0 amide bonds. The zero-order valence-electron chi connectivity index (χ0n) is 22.4. The van der Waals surface area contributed by atoms with Crippen molar-refractivity contribution in [1.29, 1.82) is 0 Å². The minimum Gasteiger partial charge on any atom is -0.481 e. The van der Waals surface area contributed by atoms with E-state index in [0.717, 1.165) is 25.7 Å². The van der Waals surface area contributed by atoms with Gasteiger partial charge < -0.3 is 5.11 Å². The largest absolute Gasteiger partial charge is 0.481 e. The molecule has 1 atom stereocenters. The van der Waals surface area contributed by atoms with Gasteiger partial charge in [-0.3, -0.25) is 4.79 Å².